The van der Waals surface area contributed by atoms with Gasteiger partial charge >= 0.3 is 0 Å². The Hall–Kier alpha value is -1.83. The van der Waals surface area contributed by atoms with Crippen LogP contribution >= 0.6 is 0 Å². The summed E-state index contributed by atoms with van der Waals surface area (Å²) in [4.78, 5) is 4.91. The van der Waals surface area contributed by atoms with Crippen molar-refractivity contribution in [1.82, 2.24) is 20.2 Å². The number of hydrogen-bond donors (Lipinski definition) is 2. The fraction of sp³-hybridized carbons (Fsp3) is 0.526. The molecule has 0 bridgehead atoms. The van der Waals surface area contributed by atoms with Crippen molar-refractivity contribution in [3.05, 3.63) is 30.1 Å². The summed E-state index contributed by atoms with van der Waals surface area (Å²) in [5.74, 6) is 1.90. The van der Waals surface area contributed by atoms with Crippen LogP contribution in [0, 0.1) is 12.8 Å². The Balaban J connectivity index is 0.000000448. The van der Waals surface area contributed by atoms with Crippen molar-refractivity contribution in [3.8, 4) is 12.8 Å². The maximum atomic E-state index is 4.91. The molecule has 0 radical (unpaired) electrons. The van der Waals surface area contributed by atoms with Crippen LogP contribution in [-0.4, -0.2) is 35.7 Å². The molecule has 0 aliphatic carbocycles. The molecule has 3 heterocycles. The number of rotatable bonds is 2. The van der Waals surface area contributed by atoms with Gasteiger partial charge in [-0.2, -0.15) is 0 Å². The zero-order valence-electron chi connectivity index (χ0n) is 14.3. The van der Waals surface area contributed by atoms with E-state index in [4.69, 9.17) is 4.98 Å². The number of hydrogen-bond acceptors (Lipinski definition) is 3. The number of imidazole rings is 1. The van der Waals surface area contributed by atoms with E-state index in [0.29, 0.717) is 12.0 Å². The van der Waals surface area contributed by atoms with Gasteiger partial charge in [0.15, 0.2) is 0 Å². The second-order valence-corrected chi connectivity index (χ2v) is 5.67. The van der Waals surface area contributed by atoms with E-state index in [1.54, 1.807) is 0 Å². The van der Waals surface area contributed by atoms with Gasteiger partial charge < -0.3 is 15.2 Å². The Labute approximate surface area is 139 Å². The van der Waals surface area contributed by atoms with Crippen molar-refractivity contribution in [1.29, 1.82) is 0 Å². The molecule has 0 unspecified atom stereocenters. The molecule has 0 amide bonds. The molecule has 0 spiro atoms. The standard InChI is InChI=1S/C15H20N4.C2H6.C2H2/c1-2-4-14-13(3-1)18-15(11-9-17-10-11)19(14)12-5-7-16-8-6-12;2*1-2/h1-4,11-12,16-17H,5-10H2;1-2H3;1-2H. The number of aromatic nitrogens is 2. The SMILES string of the molecule is C#C.CC.c1ccc2c(c1)nc(C1CNC1)n2C1CCNCC1. The van der Waals surface area contributed by atoms with Crippen LogP contribution < -0.4 is 10.6 Å². The second-order valence-electron chi connectivity index (χ2n) is 5.67. The van der Waals surface area contributed by atoms with Crippen LogP contribution in [0.2, 0.25) is 0 Å². The third kappa shape index (κ3) is 3.57. The second kappa shape index (κ2) is 8.71. The maximum absolute atomic E-state index is 4.91. The lowest BCUT2D eigenvalue weighted by molar-refractivity contribution is 0.342. The quantitative estimate of drug-likeness (QED) is 0.838. The Morgan fingerprint density at radius 1 is 1.04 bits per heavy atom. The molecule has 2 fully saturated rings. The average molecular weight is 312 g/mol. The van der Waals surface area contributed by atoms with Crippen molar-refractivity contribution < 1.29 is 0 Å². The Kier molecular flexibility index (Phi) is 6.64. The lowest BCUT2D eigenvalue weighted by Crippen LogP contribution is -2.42. The molecule has 4 rings (SSSR count). The molecule has 4 nitrogen and oxygen atoms in total. The summed E-state index contributed by atoms with van der Waals surface area (Å²) in [5.41, 5.74) is 2.47. The third-order valence-electron chi connectivity index (χ3n) is 4.44. The van der Waals surface area contributed by atoms with Gasteiger partial charge in [-0.3, -0.25) is 0 Å². The summed E-state index contributed by atoms with van der Waals surface area (Å²) >= 11 is 0. The fourth-order valence-corrected chi connectivity index (χ4v) is 3.27. The van der Waals surface area contributed by atoms with Gasteiger partial charge in [0.25, 0.3) is 0 Å². The van der Waals surface area contributed by atoms with E-state index >= 15 is 0 Å². The van der Waals surface area contributed by atoms with Crippen LogP contribution in [0.15, 0.2) is 24.3 Å². The van der Waals surface area contributed by atoms with Gasteiger partial charge in [-0.25, -0.2) is 4.98 Å². The number of benzene rings is 1. The van der Waals surface area contributed by atoms with E-state index in [9.17, 15) is 0 Å². The summed E-state index contributed by atoms with van der Waals surface area (Å²) in [6.45, 7) is 8.40. The fourth-order valence-electron chi connectivity index (χ4n) is 3.27. The summed E-state index contributed by atoms with van der Waals surface area (Å²) in [6, 6.07) is 9.20. The van der Waals surface area contributed by atoms with Gasteiger partial charge in [0.05, 0.1) is 11.0 Å². The molecule has 2 aliphatic heterocycles. The summed E-state index contributed by atoms with van der Waals surface area (Å²) in [6.07, 6.45) is 10.4. The third-order valence-corrected chi connectivity index (χ3v) is 4.44. The normalized spacial score (nSPS) is 18.3. The first-order valence-electron chi connectivity index (χ1n) is 8.65. The number of piperidine rings is 1. The number of para-hydroxylation sites is 2. The Morgan fingerprint density at radius 2 is 1.70 bits per heavy atom. The van der Waals surface area contributed by atoms with Crippen molar-refractivity contribution >= 4 is 11.0 Å². The number of fused-ring (bicyclic) bond motifs is 1. The van der Waals surface area contributed by atoms with Gasteiger partial charge in [0.2, 0.25) is 0 Å². The minimum absolute atomic E-state index is 0.599. The molecule has 1 aromatic heterocycles. The highest BCUT2D eigenvalue weighted by atomic mass is 15.1. The zero-order valence-corrected chi connectivity index (χ0v) is 14.3. The molecule has 4 heteroatoms. The average Bonchev–Trinajstić information content (AvgIpc) is 2.96. The van der Waals surface area contributed by atoms with Gasteiger partial charge in [0, 0.05) is 25.0 Å². The van der Waals surface area contributed by atoms with Gasteiger partial charge in [-0.15, -0.1) is 12.8 Å². The minimum atomic E-state index is 0.599. The van der Waals surface area contributed by atoms with Crippen molar-refractivity contribution in [2.45, 2.75) is 38.6 Å². The van der Waals surface area contributed by atoms with Crippen LogP contribution in [0.4, 0.5) is 0 Å². The molecular formula is C19H28N4. The van der Waals surface area contributed by atoms with E-state index < -0.39 is 0 Å². The zero-order chi connectivity index (χ0) is 16.7. The molecule has 0 atom stereocenters. The topological polar surface area (TPSA) is 41.9 Å². The first-order chi connectivity index (χ1) is 11.4. The summed E-state index contributed by atoms with van der Waals surface area (Å²) in [5, 5.41) is 6.82. The van der Waals surface area contributed by atoms with Crippen LogP contribution in [0.3, 0.4) is 0 Å². The van der Waals surface area contributed by atoms with E-state index in [1.165, 1.54) is 24.2 Å². The van der Waals surface area contributed by atoms with E-state index in [2.05, 4.69) is 52.3 Å². The molecule has 0 saturated carbocycles. The van der Waals surface area contributed by atoms with Crippen molar-refractivity contribution in [2.24, 2.45) is 0 Å². The molecule has 2 N–H and O–H groups in total. The van der Waals surface area contributed by atoms with E-state index in [0.717, 1.165) is 31.7 Å². The van der Waals surface area contributed by atoms with Crippen LogP contribution in [0.25, 0.3) is 11.0 Å². The summed E-state index contributed by atoms with van der Waals surface area (Å²) in [7, 11) is 0. The van der Waals surface area contributed by atoms with Gasteiger partial charge in [-0.1, -0.05) is 26.0 Å². The molecular weight excluding hydrogens is 284 g/mol. The highest BCUT2D eigenvalue weighted by Crippen LogP contribution is 2.31. The molecule has 2 saturated heterocycles. The predicted octanol–water partition coefficient (Wildman–Crippen LogP) is 2.92. The number of nitrogens with zero attached hydrogens (tertiary/aromatic N) is 2. The lowest BCUT2D eigenvalue weighted by atomic mass is 10.0. The largest absolute Gasteiger partial charge is 0.324 e. The lowest BCUT2D eigenvalue weighted by Gasteiger charge is -2.32. The Morgan fingerprint density at radius 3 is 2.30 bits per heavy atom. The van der Waals surface area contributed by atoms with Crippen LogP contribution in [0.5, 0.6) is 0 Å². The van der Waals surface area contributed by atoms with E-state index in [-0.39, 0.29) is 0 Å². The van der Waals surface area contributed by atoms with Crippen LogP contribution in [0.1, 0.15) is 44.5 Å². The minimum Gasteiger partial charge on any atom is -0.324 e. The molecule has 2 aromatic rings. The van der Waals surface area contributed by atoms with E-state index in [1.807, 2.05) is 13.8 Å². The smallest absolute Gasteiger partial charge is 0.115 e. The first kappa shape index (κ1) is 17.5. The van der Waals surface area contributed by atoms with Crippen molar-refractivity contribution in [2.75, 3.05) is 26.2 Å². The predicted molar refractivity (Wildman–Crippen MR) is 97.7 cm³/mol. The molecule has 124 valence electrons. The monoisotopic (exact) mass is 312 g/mol. The highest BCUT2D eigenvalue weighted by Gasteiger charge is 2.28. The number of nitrogens with one attached hydrogen (secondary N) is 2. The maximum Gasteiger partial charge on any atom is 0.115 e. The van der Waals surface area contributed by atoms with Crippen molar-refractivity contribution in [3.63, 3.8) is 0 Å². The van der Waals surface area contributed by atoms with Crippen LogP contribution in [-0.2, 0) is 0 Å². The highest BCUT2D eigenvalue weighted by molar-refractivity contribution is 5.76. The van der Waals surface area contributed by atoms with Gasteiger partial charge in [-0.05, 0) is 38.1 Å². The first-order valence-corrected chi connectivity index (χ1v) is 8.65. The molecule has 1 aromatic carbocycles. The molecule has 23 heavy (non-hydrogen) atoms. The summed E-state index contributed by atoms with van der Waals surface area (Å²) < 4.78 is 2.53. The number of terminal acetylenes is 1. The molecule has 2 aliphatic rings. The Bertz CT molecular complexity index is 619. The van der Waals surface area contributed by atoms with Gasteiger partial charge in [0.1, 0.15) is 5.82 Å².